The van der Waals surface area contributed by atoms with Crippen LogP contribution in [0.1, 0.15) is 64.2 Å². The zero-order valence-corrected chi connectivity index (χ0v) is 10.7. The van der Waals surface area contributed by atoms with Crippen molar-refractivity contribution in [1.82, 2.24) is 0 Å². The standard InChI is InChI=1S/C12H21I/c13-12-10-8-6-4-2-1-3-5-7-9-11-12/h10H,1-9,11H2. The molecule has 13 heavy (non-hydrogen) atoms. The molecule has 0 aromatic rings. The Balaban J connectivity index is 2.23. The molecular formula is C12H21I. The maximum absolute atomic E-state index is 2.51. The molecule has 76 valence electrons. The van der Waals surface area contributed by atoms with E-state index in [1.165, 1.54) is 64.2 Å². The van der Waals surface area contributed by atoms with Gasteiger partial charge in [-0.25, -0.2) is 0 Å². The molecule has 0 atom stereocenters. The molecule has 0 aliphatic heterocycles. The second kappa shape index (κ2) is 7.84. The lowest BCUT2D eigenvalue weighted by atomic mass is 10.0. The fraction of sp³-hybridized carbons (Fsp3) is 0.833. The summed E-state index contributed by atoms with van der Waals surface area (Å²) in [5, 5.41) is 0. The fourth-order valence-electron chi connectivity index (χ4n) is 1.86. The maximum Gasteiger partial charge on any atom is -0.0134 e. The molecule has 0 aromatic heterocycles. The largest absolute Gasteiger partial charge is 0.0752 e. The molecule has 1 rings (SSSR count). The summed E-state index contributed by atoms with van der Waals surface area (Å²) < 4.78 is 1.60. The molecule has 0 spiro atoms. The molecule has 0 N–H and O–H groups in total. The first-order valence-electron chi connectivity index (χ1n) is 5.74. The van der Waals surface area contributed by atoms with Crippen LogP contribution in [-0.4, -0.2) is 0 Å². The fourth-order valence-corrected chi connectivity index (χ4v) is 2.55. The van der Waals surface area contributed by atoms with Gasteiger partial charge in [0, 0.05) is 0 Å². The normalized spacial score (nSPS) is 22.7. The van der Waals surface area contributed by atoms with Crippen molar-refractivity contribution in [2.75, 3.05) is 0 Å². The lowest BCUT2D eigenvalue weighted by Crippen LogP contribution is -1.84. The highest BCUT2D eigenvalue weighted by Gasteiger charge is 1.96. The third-order valence-corrected chi connectivity index (χ3v) is 3.72. The van der Waals surface area contributed by atoms with E-state index in [0.29, 0.717) is 0 Å². The molecular weight excluding hydrogens is 271 g/mol. The summed E-state index contributed by atoms with van der Waals surface area (Å²) >= 11 is 2.51. The van der Waals surface area contributed by atoms with Crippen molar-refractivity contribution < 1.29 is 0 Å². The van der Waals surface area contributed by atoms with E-state index < -0.39 is 0 Å². The van der Waals surface area contributed by atoms with Gasteiger partial charge in [0.05, 0.1) is 0 Å². The van der Waals surface area contributed by atoms with Gasteiger partial charge in [0.2, 0.25) is 0 Å². The van der Waals surface area contributed by atoms with Gasteiger partial charge in [-0.15, -0.1) is 0 Å². The van der Waals surface area contributed by atoms with Crippen molar-refractivity contribution in [2.45, 2.75) is 64.2 Å². The zero-order chi connectivity index (χ0) is 9.36. The van der Waals surface area contributed by atoms with Crippen LogP contribution < -0.4 is 0 Å². The Morgan fingerprint density at radius 3 is 2.00 bits per heavy atom. The summed E-state index contributed by atoms with van der Waals surface area (Å²) in [6.07, 6.45) is 16.7. The van der Waals surface area contributed by atoms with Crippen LogP contribution in [0, 0.1) is 0 Å². The third kappa shape index (κ3) is 6.53. The van der Waals surface area contributed by atoms with Crippen LogP contribution >= 0.6 is 22.6 Å². The highest BCUT2D eigenvalue weighted by molar-refractivity contribution is 14.1. The average Bonchev–Trinajstić information content (AvgIpc) is 2.11. The predicted molar refractivity (Wildman–Crippen MR) is 68.3 cm³/mol. The summed E-state index contributed by atoms with van der Waals surface area (Å²) in [7, 11) is 0. The Labute approximate surface area is 96.3 Å². The van der Waals surface area contributed by atoms with Crippen molar-refractivity contribution in [2.24, 2.45) is 0 Å². The van der Waals surface area contributed by atoms with Crippen molar-refractivity contribution in [1.29, 1.82) is 0 Å². The molecule has 0 saturated heterocycles. The second-order valence-corrected chi connectivity index (χ2v) is 5.40. The van der Waals surface area contributed by atoms with Gasteiger partial charge in [0.25, 0.3) is 0 Å². The van der Waals surface area contributed by atoms with Crippen LogP contribution in [0.2, 0.25) is 0 Å². The van der Waals surface area contributed by atoms with Crippen molar-refractivity contribution in [3.63, 3.8) is 0 Å². The predicted octanol–water partition coefficient (Wildman–Crippen LogP) is 5.22. The van der Waals surface area contributed by atoms with E-state index in [-0.39, 0.29) is 0 Å². The Hall–Kier alpha value is 0.470. The SMILES string of the molecule is IC1=CCCCCCCCCCC1. The van der Waals surface area contributed by atoms with E-state index in [0.717, 1.165) is 0 Å². The summed E-state index contributed by atoms with van der Waals surface area (Å²) in [4.78, 5) is 0. The molecule has 1 heteroatoms. The molecule has 0 aromatic carbocycles. The first kappa shape index (κ1) is 11.5. The monoisotopic (exact) mass is 292 g/mol. The van der Waals surface area contributed by atoms with E-state index in [4.69, 9.17) is 0 Å². The summed E-state index contributed by atoms with van der Waals surface area (Å²) in [6, 6.07) is 0. The van der Waals surface area contributed by atoms with Gasteiger partial charge in [-0.2, -0.15) is 0 Å². The Bertz CT molecular complexity index is 149. The van der Waals surface area contributed by atoms with Gasteiger partial charge in [0.1, 0.15) is 0 Å². The molecule has 0 saturated carbocycles. The topological polar surface area (TPSA) is 0 Å². The molecule has 0 unspecified atom stereocenters. The van der Waals surface area contributed by atoms with Gasteiger partial charge in [-0.1, -0.05) is 44.6 Å². The van der Waals surface area contributed by atoms with Crippen LogP contribution in [0.25, 0.3) is 0 Å². The molecule has 0 fully saturated rings. The lowest BCUT2D eigenvalue weighted by molar-refractivity contribution is 0.566. The highest BCUT2D eigenvalue weighted by atomic mass is 127. The third-order valence-electron chi connectivity index (χ3n) is 2.74. The summed E-state index contributed by atoms with van der Waals surface area (Å²) in [5.74, 6) is 0. The minimum atomic E-state index is 1.32. The summed E-state index contributed by atoms with van der Waals surface area (Å²) in [5.41, 5.74) is 0. The maximum atomic E-state index is 2.51. The van der Waals surface area contributed by atoms with Crippen LogP contribution in [0.15, 0.2) is 9.66 Å². The number of allylic oxidation sites excluding steroid dienone is 2. The molecule has 0 radical (unpaired) electrons. The minimum absolute atomic E-state index is 1.32. The lowest BCUT2D eigenvalue weighted by Gasteiger charge is -2.04. The van der Waals surface area contributed by atoms with Crippen LogP contribution in [0.5, 0.6) is 0 Å². The van der Waals surface area contributed by atoms with E-state index in [1.807, 2.05) is 0 Å². The van der Waals surface area contributed by atoms with Crippen molar-refractivity contribution in [3.05, 3.63) is 9.66 Å². The highest BCUT2D eigenvalue weighted by Crippen LogP contribution is 2.20. The first-order valence-corrected chi connectivity index (χ1v) is 6.82. The molecule has 0 nitrogen and oxygen atoms in total. The molecule has 0 heterocycles. The Kier molecular flexibility index (Phi) is 6.96. The van der Waals surface area contributed by atoms with Gasteiger partial charge in [0.15, 0.2) is 0 Å². The zero-order valence-electron chi connectivity index (χ0n) is 8.53. The number of halogens is 1. The van der Waals surface area contributed by atoms with Crippen molar-refractivity contribution >= 4 is 22.6 Å². The van der Waals surface area contributed by atoms with E-state index in [1.54, 1.807) is 3.58 Å². The van der Waals surface area contributed by atoms with Gasteiger partial charge in [-0.05, 0) is 51.9 Å². The van der Waals surface area contributed by atoms with E-state index >= 15 is 0 Å². The number of hydrogen-bond donors (Lipinski definition) is 0. The van der Waals surface area contributed by atoms with Crippen LogP contribution in [0.3, 0.4) is 0 Å². The van der Waals surface area contributed by atoms with Gasteiger partial charge in [-0.3, -0.25) is 0 Å². The molecule has 1 aliphatic rings. The second-order valence-electron chi connectivity index (χ2n) is 4.02. The van der Waals surface area contributed by atoms with Gasteiger partial charge < -0.3 is 0 Å². The Morgan fingerprint density at radius 1 is 0.769 bits per heavy atom. The smallest absolute Gasteiger partial charge is 0.0134 e. The quantitative estimate of drug-likeness (QED) is 0.537. The number of rotatable bonds is 0. The minimum Gasteiger partial charge on any atom is -0.0752 e. The van der Waals surface area contributed by atoms with Crippen molar-refractivity contribution in [3.8, 4) is 0 Å². The Morgan fingerprint density at radius 2 is 1.31 bits per heavy atom. The van der Waals surface area contributed by atoms with E-state index in [2.05, 4.69) is 28.7 Å². The molecule has 1 aliphatic carbocycles. The first-order chi connectivity index (χ1) is 6.39. The molecule has 0 bridgehead atoms. The van der Waals surface area contributed by atoms with E-state index in [9.17, 15) is 0 Å². The summed E-state index contributed by atoms with van der Waals surface area (Å²) in [6.45, 7) is 0. The average molecular weight is 292 g/mol. The van der Waals surface area contributed by atoms with Crippen LogP contribution in [0.4, 0.5) is 0 Å². The molecule has 0 amide bonds. The van der Waals surface area contributed by atoms with Crippen LogP contribution in [-0.2, 0) is 0 Å². The number of hydrogen-bond acceptors (Lipinski definition) is 0. The van der Waals surface area contributed by atoms with Gasteiger partial charge >= 0.3 is 0 Å².